The molecule has 0 bridgehead atoms. The van der Waals surface area contributed by atoms with Gasteiger partial charge in [-0.05, 0) is 50.6 Å². The van der Waals surface area contributed by atoms with Crippen molar-refractivity contribution in [3.8, 4) is 0 Å². The van der Waals surface area contributed by atoms with Crippen LogP contribution < -0.4 is 9.80 Å². The molecule has 6 heteroatoms. The molecule has 0 amide bonds. The first-order chi connectivity index (χ1) is 14.9. The predicted molar refractivity (Wildman–Crippen MR) is 123 cm³/mol. The third-order valence-corrected chi connectivity index (χ3v) is 5.98. The fourth-order valence-corrected chi connectivity index (χ4v) is 4.34. The first-order valence-corrected chi connectivity index (χ1v) is 10.6. The highest BCUT2D eigenvalue weighted by Gasteiger charge is 2.51. The van der Waals surface area contributed by atoms with Crippen molar-refractivity contribution in [3.63, 3.8) is 0 Å². The van der Waals surface area contributed by atoms with Crippen molar-refractivity contribution in [3.05, 3.63) is 82.9 Å². The lowest BCUT2D eigenvalue weighted by Gasteiger charge is -2.32. The maximum Gasteiger partial charge on any atom is 0.360 e. The molecule has 160 valence electrons. The lowest BCUT2D eigenvalue weighted by Crippen LogP contribution is -2.32. The molecule has 1 atom stereocenters. The van der Waals surface area contributed by atoms with Crippen LogP contribution in [0.15, 0.2) is 54.9 Å². The monoisotopic (exact) mass is 416 g/mol. The molecule has 0 saturated carbocycles. The summed E-state index contributed by atoms with van der Waals surface area (Å²) in [6.07, 6.45) is 3.14. The quantitative estimate of drug-likeness (QED) is 0.563. The fourth-order valence-electron chi connectivity index (χ4n) is 4.34. The Labute approximate surface area is 183 Å². The SMILES string of the molecule is CCN(CC)c1ccc(C2(c3ccc(N(C)C)cc3)OC(=O)c3nccnc32)c(C)c1. The van der Waals surface area contributed by atoms with Crippen LogP contribution in [-0.4, -0.2) is 43.1 Å². The zero-order valence-electron chi connectivity index (χ0n) is 18.7. The molecule has 0 fully saturated rings. The van der Waals surface area contributed by atoms with E-state index in [-0.39, 0.29) is 5.69 Å². The molecular formula is C25H28N4O2. The molecule has 2 heterocycles. The average Bonchev–Trinajstić information content (AvgIpc) is 3.08. The third kappa shape index (κ3) is 3.32. The molecule has 31 heavy (non-hydrogen) atoms. The van der Waals surface area contributed by atoms with E-state index >= 15 is 0 Å². The van der Waals surface area contributed by atoms with Gasteiger partial charge in [0.2, 0.25) is 5.60 Å². The molecule has 0 radical (unpaired) electrons. The molecular weight excluding hydrogens is 388 g/mol. The van der Waals surface area contributed by atoms with Crippen LogP contribution in [0, 0.1) is 6.92 Å². The van der Waals surface area contributed by atoms with E-state index in [0.717, 1.165) is 41.2 Å². The van der Waals surface area contributed by atoms with Gasteiger partial charge in [-0.1, -0.05) is 18.2 Å². The van der Waals surface area contributed by atoms with Gasteiger partial charge in [0.1, 0.15) is 5.69 Å². The van der Waals surface area contributed by atoms with Crippen LogP contribution in [0.3, 0.4) is 0 Å². The van der Waals surface area contributed by atoms with Gasteiger partial charge in [0.25, 0.3) is 0 Å². The number of ether oxygens (including phenoxy) is 1. The Bertz CT molecular complexity index is 1110. The van der Waals surface area contributed by atoms with Crippen molar-refractivity contribution >= 4 is 17.3 Å². The number of hydrogen-bond acceptors (Lipinski definition) is 6. The summed E-state index contributed by atoms with van der Waals surface area (Å²) in [7, 11) is 3.99. The number of hydrogen-bond donors (Lipinski definition) is 0. The second kappa shape index (κ2) is 8.02. The Hall–Kier alpha value is -3.41. The Kier molecular flexibility index (Phi) is 5.39. The van der Waals surface area contributed by atoms with E-state index in [1.807, 2.05) is 43.3 Å². The molecule has 0 spiro atoms. The van der Waals surface area contributed by atoms with Crippen LogP contribution >= 0.6 is 0 Å². The summed E-state index contributed by atoms with van der Waals surface area (Å²) >= 11 is 0. The van der Waals surface area contributed by atoms with Gasteiger partial charge in [0, 0.05) is 62.1 Å². The van der Waals surface area contributed by atoms with E-state index in [2.05, 4.69) is 53.8 Å². The van der Waals surface area contributed by atoms with Gasteiger partial charge >= 0.3 is 5.97 Å². The van der Waals surface area contributed by atoms with Gasteiger partial charge in [0.15, 0.2) is 5.69 Å². The van der Waals surface area contributed by atoms with Crippen molar-refractivity contribution in [2.45, 2.75) is 26.4 Å². The number of aromatic nitrogens is 2. The molecule has 4 rings (SSSR count). The van der Waals surface area contributed by atoms with Crippen molar-refractivity contribution in [1.82, 2.24) is 9.97 Å². The summed E-state index contributed by atoms with van der Waals surface area (Å²) in [5.74, 6) is -0.452. The van der Waals surface area contributed by atoms with E-state index in [1.54, 1.807) is 6.20 Å². The van der Waals surface area contributed by atoms with Crippen molar-refractivity contribution in [1.29, 1.82) is 0 Å². The van der Waals surface area contributed by atoms with Gasteiger partial charge in [-0.2, -0.15) is 0 Å². The van der Waals surface area contributed by atoms with Crippen LogP contribution in [0.5, 0.6) is 0 Å². The molecule has 1 aliphatic heterocycles. The number of benzene rings is 2. The maximum absolute atomic E-state index is 12.8. The first-order valence-electron chi connectivity index (χ1n) is 10.6. The second-order valence-electron chi connectivity index (χ2n) is 7.94. The summed E-state index contributed by atoms with van der Waals surface area (Å²) in [6.45, 7) is 8.20. The van der Waals surface area contributed by atoms with Crippen LogP contribution in [0.2, 0.25) is 0 Å². The van der Waals surface area contributed by atoms with Crippen molar-refractivity contribution in [2.24, 2.45) is 0 Å². The number of aryl methyl sites for hydroxylation is 1. The number of cyclic esters (lactones) is 1. The van der Waals surface area contributed by atoms with Gasteiger partial charge in [-0.3, -0.25) is 4.98 Å². The zero-order chi connectivity index (χ0) is 22.2. The summed E-state index contributed by atoms with van der Waals surface area (Å²) in [6, 6.07) is 14.4. The fraction of sp³-hybridized carbons (Fsp3) is 0.320. The van der Waals surface area contributed by atoms with E-state index < -0.39 is 11.6 Å². The van der Waals surface area contributed by atoms with Crippen LogP contribution in [0.25, 0.3) is 0 Å². The minimum absolute atomic E-state index is 0.270. The maximum atomic E-state index is 12.8. The zero-order valence-corrected chi connectivity index (χ0v) is 18.7. The summed E-state index contributed by atoms with van der Waals surface area (Å²) in [5.41, 5.74) is 4.68. The highest BCUT2D eigenvalue weighted by molar-refractivity contribution is 5.93. The number of carbonyl (C=O) groups excluding carboxylic acids is 1. The largest absolute Gasteiger partial charge is 0.438 e. The normalized spacial score (nSPS) is 17.3. The van der Waals surface area contributed by atoms with E-state index in [4.69, 9.17) is 4.74 Å². The average molecular weight is 417 g/mol. The highest BCUT2D eigenvalue weighted by Crippen LogP contribution is 2.47. The molecule has 1 aliphatic rings. The van der Waals surface area contributed by atoms with Crippen LogP contribution in [0.4, 0.5) is 11.4 Å². The topological polar surface area (TPSA) is 58.6 Å². The standard InChI is InChI=1S/C25H28N4O2/c1-6-29(7-2)20-12-13-21(17(3)16-20)25(18-8-10-19(11-9-18)28(4)5)23-22(24(30)31-25)26-14-15-27-23/h8-16H,6-7H2,1-5H3. The third-order valence-electron chi connectivity index (χ3n) is 5.98. The molecule has 0 aliphatic carbocycles. The van der Waals surface area contributed by atoms with Crippen molar-refractivity contribution < 1.29 is 9.53 Å². The van der Waals surface area contributed by atoms with Gasteiger partial charge < -0.3 is 14.5 Å². The summed E-state index contributed by atoms with van der Waals surface area (Å²) < 4.78 is 6.13. The number of anilines is 2. The summed E-state index contributed by atoms with van der Waals surface area (Å²) in [5, 5.41) is 0. The number of esters is 1. The van der Waals surface area contributed by atoms with E-state index in [1.165, 1.54) is 6.20 Å². The van der Waals surface area contributed by atoms with E-state index in [0.29, 0.717) is 5.69 Å². The minimum atomic E-state index is -1.13. The molecule has 1 unspecified atom stereocenters. The molecule has 1 aromatic heterocycles. The van der Waals surface area contributed by atoms with Gasteiger partial charge in [-0.15, -0.1) is 0 Å². The van der Waals surface area contributed by atoms with Crippen molar-refractivity contribution in [2.75, 3.05) is 37.0 Å². The number of rotatable bonds is 6. The molecule has 3 aromatic rings. The molecule has 2 aromatic carbocycles. The highest BCUT2D eigenvalue weighted by atomic mass is 16.6. The Morgan fingerprint density at radius 3 is 2.19 bits per heavy atom. The molecule has 6 nitrogen and oxygen atoms in total. The molecule has 0 saturated heterocycles. The number of carbonyl (C=O) groups is 1. The first kappa shape index (κ1) is 20.8. The Morgan fingerprint density at radius 2 is 1.58 bits per heavy atom. The number of fused-ring (bicyclic) bond motifs is 1. The van der Waals surface area contributed by atoms with Gasteiger partial charge in [-0.25, -0.2) is 9.78 Å². The lowest BCUT2D eigenvalue weighted by atomic mass is 9.81. The lowest BCUT2D eigenvalue weighted by molar-refractivity contribution is 0.0239. The minimum Gasteiger partial charge on any atom is -0.438 e. The second-order valence-corrected chi connectivity index (χ2v) is 7.94. The van der Waals surface area contributed by atoms with Gasteiger partial charge in [0.05, 0.1) is 0 Å². The van der Waals surface area contributed by atoms with Crippen LogP contribution in [0.1, 0.15) is 46.7 Å². The van der Waals surface area contributed by atoms with Crippen LogP contribution in [-0.2, 0) is 10.3 Å². The predicted octanol–water partition coefficient (Wildman–Crippen LogP) is 4.16. The Morgan fingerprint density at radius 1 is 0.935 bits per heavy atom. The molecule has 0 N–H and O–H groups in total. The summed E-state index contributed by atoms with van der Waals surface area (Å²) in [4.78, 5) is 26.0. The number of nitrogens with zero attached hydrogens (tertiary/aromatic N) is 4. The smallest absolute Gasteiger partial charge is 0.360 e. The van der Waals surface area contributed by atoms with E-state index in [9.17, 15) is 4.79 Å². The Balaban J connectivity index is 1.94.